The minimum atomic E-state index is 0.572. The zero-order valence-electron chi connectivity index (χ0n) is 3.93. The van der Waals surface area contributed by atoms with Crippen LogP contribution in [-0.4, -0.2) is 6.61 Å². The maximum Gasteiger partial charge on any atom is 0.105 e. The van der Waals surface area contributed by atoms with Crippen LogP contribution < -0.4 is 0 Å². The lowest BCUT2D eigenvalue weighted by atomic mass is 10.7. The number of hydrogen-bond acceptors (Lipinski definition) is 1. The number of halogens is 1. The fourth-order valence-corrected chi connectivity index (χ4v) is 0.313. The van der Waals surface area contributed by atoms with Crippen LogP contribution in [0, 0.1) is 0 Å². The highest BCUT2D eigenvalue weighted by atomic mass is 79.9. The van der Waals surface area contributed by atoms with Crippen LogP contribution >= 0.6 is 15.9 Å². The van der Waals surface area contributed by atoms with Gasteiger partial charge >= 0.3 is 0 Å². The van der Waals surface area contributed by atoms with Gasteiger partial charge in [0, 0.05) is 4.99 Å². The van der Waals surface area contributed by atoms with Gasteiger partial charge in [-0.25, -0.2) is 0 Å². The minimum Gasteiger partial charge on any atom is -0.497 e. The third-order valence-corrected chi connectivity index (χ3v) is 0.578. The number of ether oxygens (including phenoxy) is 1. The van der Waals surface area contributed by atoms with Crippen LogP contribution in [-0.2, 0) is 4.74 Å². The van der Waals surface area contributed by atoms with Crippen LogP contribution in [0.25, 0.3) is 0 Å². The third-order valence-electron chi connectivity index (χ3n) is 0.362. The molecule has 0 aliphatic carbocycles. The summed E-state index contributed by atoms with van der Waals surface area (Å²) in [6.07, 6.45) is 3.24. The molecule has 7 heavy (non-hydrogen) atoms. The fraction of sp³-hybridized carbons (Fsp3) is 0.200. The fourth-order valence-electron chi connectivity index (χ4n) is 0.160. The molecule has 0 aromatic carbocycles. The average Bonchev–Trinajstić information content (AvgIpc) is 1.69. The zero-order chi connectivity index (χ0) is 5.54. The van der Waals surface area contributed by atoms with Gasteiger partial charge in [-0.1, -0.05) is 28.6 Å². The first-order valence-corrected chi connectivity index (χ1v) is 2.81. The van der Waals surface area contributed by atoms with Gasteiger partial charge in [-0.15, -0.1) is 0 Å². The second-order valence-electron chi connectivity index (χ2n) is 0.884. The minimum absolute atomic E-state index is 0.572. The first kappa shape index (κ1) is 6.76. The predicted octanol–water partition coefficient (Wildman–Crippen LogP) is 2.06. The highest BCUT2D eigenvalue weighted by molar-refractivity contribution is 9.11. The van der Waals surface area contributed by atoms with E-state index in [0.717, 1.165) is 0 Å². The van der Waals surface area contributed by atoms with Crippen molar-refractivity contribution in [2.24, 2.45) is 0 Å². The first-order valence-electron chi connectivity index (χ1n) is 1.89. The van der Waals surface area contributed by atoms with Crippen LogP contribution in [0.1, 0.15) is 0 Å². The molecular formula is C5H7BrO. The van der Waals surface area contributed by atoms with Gasteiger partial charge in [0.05, 0.1) is 6.26 Å². The summed E-state index contributed by atoms with van der Waals surface area (Å²) in [5.74, 6) is 0. The van der Waals surface area contributed by atoms with Gasteiger partial charge in [-0.3, -0.25) is 0 Å². The quantitative estimate of drug-likeness (QED) is 0.351. The lowest BCUT2D eigenvalue weighted by molar-refractivity contribution is 0.291. The average molecular weight is 163 g/mol. The molecule has 0 aromatic rings. The Morgan fingerprint density at radius 3 is 2.86 bits per heavy atom. The second kappa shape index (κ2) is 5.76. The molecule has 0 amide bonds. The summed E-state index contributed by atoms with van der Waals surface area (Å²) in [5.41, 5.74) is 0. The van der Waals surface area contributed by atoms with Crippen molar-refractivity contribution in [3.05, 3.63) is 23.9 Å². The van der Waals surface area contributed by atoms with E-state index in [1.165, 1.54) is 0 Å². The van der Waals surface area contributed by atoms with Crippen molar-refractivity contribution in [2.45, 2.75) is 0 Å². The van der Waals surface area contributed by atoms with Gasteiger partial charge in [-0.05, 0) is 0 Å². The Morgan fingerprint density at radius 2 is 2.43 bits per heavy atom. The van der Waals surface area contributed by atoms with E-state index in [4.69, 9.17) is 4.74 Å². The van der Waals surface area contributed by atoms with E-state index in [0.29, 0.717) is 6.61 Å². The number of rotatable bonds is 3. The van der Waals surface area contributed by atoms with E-state index in [-0.39, 0.29) is 0 Å². The lowest BCUT2D eigenvalue weighted by Crippen LogP contribution is -1.76. The van der Waals surface area contributed by atoms with Crippen molar-refractivity contribution in [1.82, 2.24) is 0 Å². The molecule has 0 aromatic heterocycles. The monoisotopic (exact) mass is 162 g/mol. The molecule has 0 saturated carbocycles. The third kappa shape index (κ3) is 5.76. The van der Waals surface area contributed by atoms with Crippen molar-refractivity contribution in [2.75, 3.05) is 6.61 Å². The molecule has 0 aliphatic heterocycles. The zero-order valence-corrected chi connectivity index (χ0v) is 5.52. The molecule has 0 unspecified atom stereocenters. The lowest BCUT2D eigenvalue weighted by Gasteiger charge is -1.87. The van der Waals surface area contributed by atoms with E-state index >= 15 is 0 Å². The van der Waals surface area contributed by atoms with Crippen molar-refractivity contribution in [3.8, 4) is 0 Å². The molecule has 40 valence electrons. The molecule has 0 heterocycles. The molecule has 0 spiro atoms. The molecule has 0 N–H and O–H groups in total. The van der Waals surface area contributed by atoms with Crippen LogP contribution in [0.4, 0.5) is 0 Å². The van der Waals surface area contributed by atoms with Gasteiger partial charge in [0.25, 0.3) is 0 Å². The SMILES string of the molecule is C=CCOC=CBr. The van der Waals surface area contributed by atoms with Gasteiger partial charge in [0.1, 0.15) is 6.61 Å². The largest absolute Gasteiger partial charge is 0.497 e. The Morgan fingerprint density at radius 1 is 1.71 bits per heavy atom. The summed E-state index contributed by atoms with van der Waals surface area (Å²) in [5, 5.41) is 0. The van der Waals surface area contributed by atoms with Gasteiger partial charge in [0.15, 0.2) is 0 Å². The highest BCUT2D eigenvalue weighted by Crippen LogP contribution is 1.83. The maximum absolute atomic E-state index is 4.79. The summed E-state index contributed by atoms with van der Waals surface area (Å²) in [6, 6.07) is 0. The number of hydrogen-bond donors (Lipinski definition) is 0. The van der Waals surface area contributed by atoms with Crippen molar-refractivity contribution >= 4 is 15.9 Å². The topological polar surface area (TPSA) is 9.23 Å². The molecule has 1 nitrogen and oxygen atoms in total. The first-order chi connectivity index (χ1) is 3.41. The van der Waals surface area contributed by atoms with Crippen molar-refractivity contribution in [1.29, 1.82) is 0 Å². The van der Waals surface area contributed by atoms with Gasteiger partial charge < -0.3 is 4.74 Å². The Balaban J connectivity index is 2.82. The smallest absolute Gasteiger partial charge is 0.105 e. The molecule has 0 rings (SSSR count). The standard InChI is InChI=1S/C5H7BrO/c1-2-4-7-5-3-6/h2-3,5H,1,4H2. The van der Waals surface area contributed by atoms with Crippen LogP contribution in [0.3, 0.4) is 0 Å². The summed E-state index contributed by atoms with van der Waals surface area (Å²) in [7, 11) is 0. The molecular weight excluding hydrogens is 156 g/mol. The van der Waals surface area contributed by atoms with Crippen LogP contribution in [0.2, 0.25) is 0 Å². The summed E-state index contributed by atoms with van der Waals surface area (Å²) in [4.78, 5) is 1.65. The van der Waals surface area contributed by atoms with Crippen molar-refractivity contribution < 1.29 is 4.74 Å². The van der Waals surface area contributed by atoms with Crippen LogP contribution in [0.15, 0.2) is 23.9 Å². The molecule has 0 aliphatic rings. The summed E-state index contributed by atoms with van der Waals surface area (Å²) in [6.45, 7) is 4.03. The van der Waals surface area contributed by atoms with Gasteiger partial charge in [-0.2, -0.15) is 0 Å². The predicted molar refractivity (Wildman–Crippen MR) is 34.2 cm³/mol. The Labute approximate surface area is 51.8 Å². The highest BCUT2D eigenvalue weighted by Gasteiger charge is 1.65. The second-order valence-corrected chi connectivity index (χ2v) is 1.41. The molecule has 0 bridgehead atoms. The van der Waals surface area contributed by atoms with E-state index in [1.807, 2.05) is 0 Å². The van der Waals surface area contributed by atoms with Crippen molar-refractivity contribution in [3.63, 3.8) is 0 Å². The maximum atomic E-state index is 4.79. The van der Waals surface area contributed by atoms with E-state index in [9.17, 15) is 0 Å². The van der Waals surface area contributed by atoms with Gasteiger partial charge in [0.2, 0.25) is 0 Å². The Hall–Kier alpha value is -0.240. The normalized spacial score (nSPS) is 9.29. The molecule has 0 atom stereocenters. The van der Waals surface area contributed by atoms with Crippen LogP contribution in [0.5, 0.6) is 0 Å². The van der Waals surface area contributed by atoms with E-state index in [2.05, 4.69) is 22.5 Å². The molecule has 0 fully saturated rings. The van der Waals surface area contributed by atoms with E-state index < -0.39 is 0 Å². The molecule has 0 radical (unpaired) electrons. The molecule has 2 heteroatoms. The molecule has 0 saturated heterocycles. The van der Waals surface area contributed by atoms with E-state index in [1.54, 1.807) is 17.3 Å². The summed E-state index contributed by atoms with van der Waals surface area (Å²) < 4.78 is 4.79. The Bertz CT molecular complexity index is 68.5. The summed E-state index contributed by atoms with van der Waals surface area (Å²) >= 11 is 3.04. The Kier molecular flexibility index (Phi) is 5.56.